The highest BCUT2D eigenvalue weighted by molar-refractivity contribution is 5.32. The maximum absolute atomic E-state index is 5.88. The van der Waals surface area contributed by atoms with E-state index in [1.54, 1.807) is 0 Å². The topological polar surface area (TPSA) is 38.5 Å². The zero-order valence-electron chi connectivity index (χ0n) is 12.2. The molecule has 106 valence electrons. The van der Waals surface area contributed by atoms with Crippen molar-refractivity contribution in [1.29, 1.82) is 0 Å². The van der Waals surface area contributed by atoms with Gasteiger partial charge in [0.2, 0.25) is 0 Å². The van der Waals surface area contributed by atoms with Crippen LogP contribution in [0.15, 0.2) is 18.2 Å². The minimum atomic E-state index is 0.480. The largest absolute Gasteiger partial charge is 0.494 e. The van der Waals surface area contributed by atoms with Gasteiger partial charge in [-0.05, 0) is 69.5 Å². The van der Waals surface area contributed by atoms with E-state index in [1.165, 1.54) is 37.1 Å². The molecule has 0 radical (unpaired) electrons. The van der Waals surface area contributed by atoms with Crippen LogP contribution in [-0.4, -0.2) is 37.2 Å². The van der Waals surface area contributed by atoms with E-state index >= 15 is 0 Å². The molecule has 0 saturated carbocycles. The molecule has 1 saturated heterocycles. The van der Waals surface area contributed by atoms with Gasteiger partial charge in [-0.15, -0.1) is 0 Å². The van der Waals surface area contributed by atoms with Gasteiger partial charge in [0.25, 0.3) is 0 Å². The Morgan fingerprint density at radius 1 is 1.16 bits per heavy atom. The van der Waals surface area contributed by atoms with Crippen molar-refractivity contribution in [1.82, 2.24) is 4.90 Å². The average Bonchev–Trinajstić information content (AvgIpc) is 2.87. The smallest absolute Gasteiger partial charge is 0.119 e. The molecule has 1 atom stereocenters. The van der Waals surface area contributed by atoms with Gasteiger partial charge in [0, 0.05) is 12.6 Å². The van der Waals surface area contributed by atoms with Crippen molar-refractivity contribution >= 4 is 0 Å². The van der Waals surface area contributed by atoms with Gasteiger partial charge in [-0.3, -0.25) is 4.90 Å². The van der Waals surface area contributed by atoms with Gasteiger partial charge in [-0.25, -0.2) is 0 Å². The van der Waals surface area contributed by atoms with Gasteiger partial charge in [-0.2, -0.15) is 0 Å². The van der Waals surface area contributed by atoms with E-state index < -0.39 is 0 Å². The third kappa shape index (κ3) is 4.22. The van der Waals surface area contributed by atoms with Crippen LogP contribution >= 0.6 is 0 Å². The zero-order chi connectivity index (χ0) is 13.7. The summed E-state index contributed by atoms with van der Waals surface area (Å²) in [6.07, 6.45) is 3.65. The van der Waals surface area contributed by atoms with E-state index in [0.717, 1.165) is 25.3 Å². The summed E-state index contributed by atoms with van der Waals surface area (Å²) in [5, 5.41) is 0. The third-order valence-electron chi connectivity index (χ3n) is 3.84. The molecule has 0 aliphatic carbocycles. The molecule has 1 fully saturated rings. The molecule has 3 heteroatoms. The number of nitrogens with zero attached hydrogens (tertiary/aromatic N) is 1. The van der Waals surface area contributed by atoms with E-state index in [0.29, 0.717) is 6.04 Å². The van der Waals surface area contributed by atoms with Crippen LogP contribution in [0.2, 0.25) is 0 Å². The van der Waals surface area contributed by atoms with E-state index in [1.807, 2.05) is 0 Å². The molecule has 19 heavy (non-hydrogen) atoms. The maximum atomic E-state index is 5.88. The summed E-state index contributed by atoms with van der Waals surface area (Å²) >= 11 is 0. The fraction of sp³-hybridized carbons (Fsp3) is 0.625. The fourth-order valence-corrected chi connectivity index (χ4v) is 2.89. The average molecular weight is 262 g/mol. The Morgan fingerprint density at radius 2 is 1.79 bits per heavy atom. The molecule has 0 spiro atoms. The van der Waals surface area contributed by atoms with Crippen molar-refractivity contribution < 1.29 is 4.74 Å². The van der Waals surface area contributed by atoms with Gasteiger partial charge in [-0.1, -0.05) is 6.07 Å². The summed E-state index contributed by atoms with van der Waals surface area (Å²) in [5.41, 5.74) is 8.39. The summed E-state index contributed by atoms with van der Waals surface area (Å²) < 4.78 is 5.88. The van der Waals surface area contributed by atoms with Gasteiger partial charge >= 0.3 is 0 Å². The highest BCUT2D eigenvalue weighted by atomic mass is 16.5. The monoisotopic (exact) mass is 262 g/mol. The van der Waals surface area contributed by atoms with Crippen LogP contribution in [0.5, 0.6) is 5.75 Å². The lowest BCUT2D eigenvalue weighted by molar-refractivity contribution is 0.197. The van der Waals surface area contributed by atoms with Gasteiger partial charge in [0.15, 0.2) is 0 Å². The lowest BCUT2D eigenvalue weighted by Crippen LogP contribution is -2.39. The molecular formula is C16H26N2O. The minimum absolute atomic E-state index is 0.480. The SMILES string of the molecule is Cc1cc(C)cc(OCCC(CN)N2CCCC2)c1. The van der Waals surface area contributed by atoms with Crippen molar-refractivity contribution in [3.63, 3.8) is 0 Å². The Hall–Kier alpha value is -1.06. The van der Waals surface area contributed by atoms with E-state index in [-0.39, 0.29) is 0 Å². The Balaban J connectivity index is 1.81. The summed E-state index contributed by atoms with van der Waals surface area (Å²) in [7, 11) is 0. The van der Waals surface area contributed by atoms with Crippen molar-refractivity contribution in [2.24, 2.45) is 5.73 Å². The van der Waals surface area contributed by atoms with Gasteiger partial charge < -0.3 is 10.5 Å². The predicted octanol–water partition coefficient (Wildman–Crippen LogP) is 2.50. The molecule has 1 heterocycles. The maximum Gasteiger partial charge on any atom is 0.119 e. The first-order chi connectivity index (χ1) is 9.19. The summed E-state index contributed by atoms with van der Waals surface area (Å²) in [6, 6.07) is 6.84. The lowest BCUT2D eigenvalue weighted by Gasteiger charge is -2.26. The van der Waals surface area contributed by atoms with Crippen molar-refractivity contribution in [2.45, 2.75) is 39.2 Å². The Labute approximate surface area is 116 Å². The number of ether oxygens (including phenoxy) is 1. The minimum Gasteiger partial charge on any atom is -0.494 e. The predicted molar refractivity (Wildman–Crippen MR) is 79.7 cm³/mol. The second-order valence-electron chi connectivity index (χ2n) is 5.59. The van der Waals surface area contributed by atoms with Gasteiger partial charge in [0.1, 0.15) is 5.75 Å². The third-order valence-corrected chi connectivity index (χ3v) is 3.84. The molecule has 1 aromatic rings. The second-order valence-corrected chi connectivity index (χ2v) is 5.59. The molecule has 2 N–H and O–H groups in total. The number of likely N-dealkylation sites (tertiary alicyclic amines) is 1. The Kier molecular flexibility index (Phi) is 5.23. The summed E-state index contributed by atoms with van der Waals surface area (Å²) in [5.74, 6) is 0.981. The first-order valence-electron chi connectivity index (χ1n) is 7.34. The number of rotatable bonds is 6. The standard InChI is InChI=1S/C16H26N2O/c1-13-9-14(2)11-16(10-13)19-8-5-15(12-17)18-6-3-4-7-18/h9-11,15H,3-8,12,17H2,1-2H3. The normalized spacial score (nSPS) is 17.6. The van der Waals surface area contributed by atoms with E-state index in [9.17, 15) is 0 Å². The zero-order valence-corrected chi connectivity index (χ0v) is 12.2. The number of hydrogen-bond acceptors (Lipinski definition) is 3. The molecule has 0 aromatic heterocycles. The van der Waals surface area contributed by atoms with E-state index in [2.05, 4.69) is 36.9 Å². The highest BCUT2D eigenvalue weighted by Crippen LogP contribution is 2.18. The molecule has 3 nitrogen and oxygen atoms in total. The molecule has 1 aliphatic rings. The molecule has 1 aliphatic heterocycles. The molecule has 1 aromatic carbocycles. The number of benzene rings is 1. The Morgan fingerprint density at radius 3 is 2.37 bits per heavy atom. The molecule has 0 amide bonds. The number of nitrogens with two attached hydrogens (primary N) is 1. The van der Waals surface area contributed by atoms with Gasteiger partial charge in [0.05, 0.1) is 6.61 Å². The van der Waals surface area contributed by atoms with E-state index in [4.69, 9.17) is 10.5 Å². The number of aryl methyl sites for hydroxylation is 2. The highest BCUT2D eigenvalue weighted by Gasteiger charge is 2.20. The van der Waals surface area contributed by atoms with Crippen LogP contribution in [0.3, 0.4) is 0 Å². The molecule has 0 bridgehead atoms. The fourth-order valence-electron chi connectivity index (χ4n) is 2.89. The molecular weight excluding hydrogens is 236 g/mol. The van der Waals surface area contributed by atoms with Crippen LogP contribution in [0, 0.1) is 13.8 Å². The van der Waals surface area contributed by atoms with Crippen LogP contribution in [0.1, 0.15) is 30.4 Å². The quantitative estimate of drug-likeness (QED) is 0.856. The van der Waals surface area contributed by atoms with Crippen LogP contribution in [-0.2, 0) is 0 Å². The second kappa shape index (κ2) is 6.92. The van der Waals surface area contributed by atoms with Crippen molar-refractivity contribution in [3.8, 4) is 5.75 Å². The van der Waals surface area contributed by atoms with Crippen LogP contribution in [0.4, 0.5) is 0 Å². The number of hydrogen-bond donors (Lipinski definition) is 1. The summed E-state index contributed by atoms with van der Waals surface area (Å²) in [4.78, 5) is 2.50. The molecule has 2 rings (SSSR count). The first kappa shape index (κ1) is 14.4. The first-order valence-corrected chi connectivity index (χ1v) is 7.34. The van der Waals surface area contributed by atoms with Crippen molar-refractivity contribution in [3.05, 3.63) is 29.3 Å². The lowest BCUT2D eigenvalue weighted by atomic mass is 10.1. The van der Waals surface area contributed by atoms with Crippen LogP contribution < -0.4 is 10.5 Å². The van der Waals surface area contributed by atoms with Crippen molar-refractivity contribution in [2.75, 3.05) is 26.2 Å². The Bertz CT molecular complexity index is 379. The molecule has 1 unspecified atom stereocenters. The van der Waals surface area contributed by atoms with Crippen LogP contribution in [0.25, 0.3) is 0 Å². The summed E-state index contributed by atoms with van der Waals surface area (Å²) in [6.45, 7) is 8.09.